The van der Waals surface area contributed by atoms with Crippen LogP contribution in [0.15, 0.2) is 28.9 Å². The third kappa shape index (κ3) is 2.78. The van der Waals surface area contributed by atoms with E-state index in [4.69, 9.17) is 4.42 Å². The molecule has 2 aromatic heterocycles. The molecule has 86 valence electrons. The molecule has 0 aliphatic carbocycles. The van der Waals surface area contributed by atoms with E-state index in [1.807, 2.05) is 29.2 Å². The largest absolute Gasteiger partial charge is 0.454 e. The molecular formula is C11H14IN3O. The summed E-state index contributed by atoms with van der Waals surface area (Å²) in [4.78, 5) is 0. The van der Waals surface area contributed by atoms with Crippen molar-refractivity contribution < 1.29 is 4.42 Å². The lowest BCUT2D eigenvalue weighted by Gasteiger charge is -2.03. The van der Waals surface area contributed by atoms with E-state index in [1.54, 1.807) is 0 Å². The number of anilines is 1. The van der Waals surface area contributed by atoms with Crippen molar-refractivity contribution in [2.45, 2.75) is 26.4 Å². The second-order valence-corrected chi connectivity index (χ2v) is 4.93. The Labute approximate surface area is 108 Å². The number of furan rings is 1. The fraction of sp³-hybridized carbons (Fsp3) is 0.364. The van der Waals surface area contributed by atoms with Gasteiger partial charge in [-0.25, -0.2) is 0 Å². The van der Waals surface area contributed by atoms with Crippen molar-refractivity contribution >= 4 is 28.3 Å². The highest BCUT2D eigenvalue weighted by molar-refractivity contribution is 14.1. The summed E-state index contributed by atoms with van der Waals surface area (Å²) in [6.07, 6.45) is 3.83. The van der Waals surface area contributed by atoms with Gasteiger partial charge in [0.1, 0.15) is 5.76 Å². The summed E-state index contributed by atoms with van der Waals surface area (Å²) in [7, 11) is 0. The molecule has 2 heterocycles. The van der Waals surface area contributed by atoms with Crippen molar-refractivity contribution in [1.29, 1.82) is 0 Å². The fourth-order valence-electron chi connectivity index (χ4n) is 1.35. The van der Waals surface area contributed by atoms with E-state index in [0.717, 1.165) is 15.2 Å². The zero-order chi connectivity index (χ0) is 11.5. The van der Waals surface area contributed by atoms with Crippen LogP contribution in [0, 0.1) is 3.77 Å². The van der Waals surface area contributed by atoms with Gasteiger partial charge in [0.2, 0.25) is 0 Å². The van der Waals surface area contributed by atoms with Crippen molar-refractivity contribution in [3.63, 3.8) is 0 Å². The molecule has 5 heteroatoms. The van der Waals surface area contributed by atoms with Crippen LogP contribution in [0.1, 0.15) is 25.6 Å². The lowest BCUT2D eigenvalue weighted by Crippen LogP contribution is -2.00. The molecule has 0 aromatic carbocycles. The minimum absolute atomic E-state index is 0.389. The average Bonchev–Trinajstić information content (AvgIpc) is 2.83. The number of halogens is 1. The monoisotopic (exact) mass is 331 g/mol. The Morgan fingerprint density at radius 2 is 2.31 bits per heavy atom. The highest BCUT2D eigenvalue weighted by Gasteiger charge is 2.03. The lowest BCUT2D eigenvalue weighted by molar-refractivity contribution is 0.493. The van der Waals surface area contributed by atoms with E-state index in [9.17, 15) is 0 Å². The topological polar surface area (TPSA) is 43.0 Å². The number of rotatable bonds is 4. The molecule has 0 spiro atoms. The summed E-state index contributed by atoms with van der Waals surface area (Å²) in [6, 6.07) is 4.32. The first-order valence-corrected chi connectivity index (χ1v) is 6.25. The van der Waals surface area contributed by atoms with E-state index in [-0.39, 0.29) is 0 Å². The Hall–Kier alpha value is -0.980. The molecular weight excluding hydrogens is 317 g/mol. The van der Waals surface area contributed by atoms with Crippen LogP contribution < -0.4 is 5.32 Å². The molecule has 0 saturated heterocycles. The molecule has 2 aromatic rings. The minimum atomic E-state index is 0.389. The normalized spacial score (nSPS) is 11.0. The van der Waals surface area contributed by atoms with Crippen LogP contribution in [0.25, 0.3) is 0 Å². The van der Waals surface area contributed by atoms with Crippen LogP contribution in [-0.4, -0.2) is 9.78 Å². The van der Waals surface area contributed by atoms with Gasteiger partial charge in [0.15, 0.2) is 3.77 Å². The van der Waals surface area contributed by atoms with Crippen LogP contribution in [0.3, 0.4) is 0 Å². The Morgan fingerprint density at radius 3 is 2.88 bits per heavy atom. The zero-order valence-electron chi connectivity index (χ0n) is 9.27. The van der Waals surface area contributed by atoms with Crippen LogP contribution in [0.4, 0.5) is 5.69 Å². The van der Waals surface area contributed by atoms with Gasteiger partial charge in [-0.2, -0.15) is 5.10 Å². The molecule has 0 atom stereocenters. The molecule has 4 nitrogen and oxygen atoms in total. The predicted molar refractivity (Wildman–Crippen MR) is 71.4 cm³/mol. The highest BCUT2D eigenvalue weighted by atomic mass is 127. The van der Waals surface area contributed by atoms with Crippen molar-refractivity contribution in [3.8, 4) is 0 Å². The van der Waals surface area contributed by atoms with Crippen LogP contribution in [-0.2, 0) is 6.54 Å². The maximum atomic E-state index is 5.46. The number of aromatic nitrogens is 2. The van der Waals surface area contributed by atoms with Gasteiger partial charge < -0.3 is 9.73 Å². The number of nitrogens with zero attached hydrogens (tertiary/aromatic N) is 2. The summed E-state index contributed by atoms with van der Waals surface area (Å²) in [5, 5.41) is 7.52. The molecule has 0 radical (unpaired) electrons. The SMILES string of the molecule is CC(C)n1cc(NCc2ccc(I)o2)cn1. The van der Waals surface area contributed by atoms with Crippen LogP contribution in [0.5, 0.6) is 0 Å². The van der Waals surface area contributed by atoms with Gasteiger partial charge in [-0.05, 0) is 48.6 Å². The molecule has 0 amide bonds. The van der Waals surface area contributed by atoms with Gasteiger partial charge in [-0.3, -0.25) is 4.68 Å². The average molecular weight is 331 g/mol. The molecule has 16 heavy (non-hydrogen) atoms. The lowest BCUT2D eigenvalue weighted by atomic mass is 10.4. The maximum Gasteiger partial charge on any atom is 0.164 e. The Bertz CT molecular complexity index is 461. The first-order chi connectivity index (χ1) is 7.65. The summed E-state index contributed by atoms with van der Waals surface area (Å²) in [6.45, 7) is 4.89. The van der Waals surface area contributed by atoms with E-state index < -0.39 is 0 Å². The predicted octanol–water partition coefficient (Wildman–Crippen LogP) is 3.27. The van der Waals surface area contributed by atoms with Crippen LogP contribution in [0.2, 0.25) is 0 Å². The van der Waals surface area contributed by atoms with Crippen molar-refractivity contribution in [1.82, 2.24) is 9.78 Å². The third-order valence-electron chi connectivity index (χ3n) is 2.23. The van der Waals surface area contributed by atoms with Gasteiger partial charge in [0.25, 0.3) is 0 Å². The molecule has 0 aliphatic heterocycles. The van der Waals surface area contributed by atoms with Gasteiger partial charge in [-0.15, -0.1) is 0 Å². The smallest absolute Gasteiger partial charge is 0.164 e. The second kappa shape index (κ2) is 4.90. The summed E-state index contributed by atoms with van der Waals surface area (Å²) < 4.78 is 8.29. The molecule has 1 N–H and O–H groups in total. The van der Waals surface area contributed by atoms with E-state index in [1.165, 1.54) is 0 Å². The van der Waals surface area contributed by atoms with Crippen molar-refractivity contribution in [2.75, 3.05) is 5.32 Å². The van der Waals surface area contributed by atoms with Gasteiger partial charge in [-0.1, -0.05) is 0 Å². The second-order valence-electron chi connectivity index (χ2n) is 3.86. The first-order valence-electron chi connectivity index (χ1n) is 5.17. The van der Waals surface area contributed by atoms with Gasteiger partial charge >= 0.3 is 0 Å². The van der Waals surface area contributed by atoms with E-state index in [0.29, 0.717) is 12.6 Å². The summed E-state index contributed by atoms with van der Waals surface area (Å²) in [5.74, 6) is 0.932. The fourth-order valence-corrected chi connectivity index (χ4v) is 1.81. The summed E-state index contributed by atoms with van der Waals surface area (Å²) >= 11 is 2.16. The van der Waals surface area contributed by atoms with Crippen molar-refractivity contribution in [3.05, 3.63) is 34.1 Å². The van der Waals surface area contributed by atoms with Crippen molar-refractivity contribution in [2.24, 2.45) is 0 Å². The maximum absolute atomic E-state index is 5.46. The Morgan fingerprint density at radius 1 is 1.50 bits per heavy atom. The quantitative estimate of drug-likeness (QED) is 0.875. The van der Waals surface area contributed by atoms with Gasteiger partial charge in [0, 0.05) is 12.2 Å². The zero-order valence-corrected chi connectivity index (χ0v) is 11.4. The molecule has 0 unspecified atom stereocenters. The molecule has 2 rings (SSSR count). The Kier molecular flexibility index (Phi) is 3.52. The minimum Gasteiger partial charge on any atom is -0.454 e. The van der Waals surface area contributed by atoms with Crippen LogP contribution >= 0.6 is 22.6 Å². The third-order valence-corrected chi connectivity index (χ3v) is 2.81. The first kappa shape index (κ1) is 11.5. The molecule has 0 bridgehead atoms. The van der Waals surface area contributed by atoms with Gasteiger partial charge in [0.05, 0.1) is 18.4 Å². The molecule has 0 fully saturated rings. The number of nitrogens with one attached hydrogen (secondary N) is 1. The standard InChI is InChI=1S/C11H14IN3O/c1-8(2)15-7-9(5-14-15)13-6-10-3-4-11(12)16-10/h3-5,7-8,13H,6H2,1-2H3. The number of hydrogen-bond donors (Lipinski definition) is 1. The summed E-state index contributed by atoms with van der Waals surface area (Å²) in [5.41, 5.74) is 1.01. The van der Waals surface area contributed by atoms with E-state index in [2.05, 4.69) is 46.9 Å². The van der Waals surface area contributed by atoms with E-state index >= 15 is 0 Å². The Balaban J connectivity index is 1.94. The number of hydrogen-bond acceptors (Lipinski definition) is 3. The highest BCUT2D eigenvalue weighted by Crippen LogP contribution is 2.14. The molecule has 0 aliphatic rings. The molecule has 0 saturated carbocycles.